The normalized spacial score (nSPS) is 11.5. The van der Waals surface area contributed by atoms with Gasteiger partial charge in [0.2, 0.25) is 0 Å². The van der Waals surface area contributed by atoms with E-state index in [1.165, 1.54) is 5.56 Å². The van der Waals surface area contributed by atoms with E-state index in [9.17, 15) is 0 Å². The molecule has 2 nitrogen and oxygen atoms in total. The maximum atomic E-state index is 5.72. The molecule has 2 heteroatoms. The molecule has 1 aromatic heterocycles. The molecule has 0 aliphatic rings. The van der Waals surface area contributed by atoms with Crippen molar-refractivity contribution in [3.8, 4) is 0 Å². The van der Waals surface area contributed by atoms with Crippen LogP contribution in [-0.4, -0.2) is 6.10 Å². The maximum absolute atomic E-state index is 5.72. The topological polar surface area (TPSA) is 22.4 Å². The van der Waals surface area contributed by atoms with E-state index in [2.05, 4.69) is 19.1 Å². The molecule has 0 aliphatic heterocycles. The van der Waals surface area contributed by atoms with Crippen molar-refractivity contribution in [2.45, 2.75) is 33.5 Å². The number of fused-ring (bicyclic) bond motifs is 1. The molecule has 0 spiro atoms. The molecule has 15 heavy (non-hydrogen) atoms. The van der Waals surface area contributed by atoms with Crippen LogP contribution in [0.25, 0.3) is 11.0 Å². The molecular formula is C13H16O2. The smallest absolute Gasteiger partial charge is 0.137 e. The first-order valence-corrected chi connectivity index (χ1v) is 5.26. The van der Waals surface area contributed by atoms with Crippen LogP contribution in [0.2, 0.25) is 0 Å². The van der Waals surface area contributed by atoms with Crippen molar-refractivity contribution >= 4 is 11.0 Å². The Morgan fingerprint density at radius 3 is 2.80 bits per heavy atom. The molecule has 80 valence electrons. The monoisotopic (exact) mass is 204 g/mol. The summed E-state index contributed by atoms with van der Waals surface area (Å²) in [6.07, 6.45) is 0.235. The van der Waals surface area contributed by atoms with Crippen LogP contribution >= 0.6 is 0 Å². The third-order valence-electron chi connectivity index (χ3n) is 2.35. The second kappa shape index (κ2) is 4.07. The molecule has 2 aromatic rings. The van der Waals surface area contributed by atoms with Gasteiger partial charge in [0, 0.05) is 5.39 Å². The highest BCUT2D eigenvalue weighted by Crippen LogP contribution is 2.23. The van der Waals surface area contributed by atoms with E-state index in [1.807, 2.05) is 26.0 Å². The number of para-hydroxylation sites is 1. The van der Waals surface area contributed by atoms with Crippen LogP contribution in [0, 0.1) is 6.92 Å². The van der Waals surface area contributed by atoms with Gasteiger partial charge in [-0.05, 0) is 32.4 Å². The summed E-state index contributed by atoms with van der Waals surface area (Å²) >= 11 is 0. The van der Waals surface area contributed by atoms with Crippen LogP contribution in [0.5, 0.6) is 0 Å². The van der Waals surface area contributed by atoms with Crippen LogP contribution < -0.4 is 0 Å². The SMILES string of the molecule is Cc1cccc2cc(COC(C)C)oc12. The van der Waals surface area contributed by atoms with Gasteiger partial charge in [0.15, 0.2) is 0 Å². The average Bonchev–Trinajstić information content (AvgIpc) is 2.59. The van der Waals surface area contributed by atoms with Crippen LogP contribution in [0.1, 0.15) is 25.2 Å². The lowest BCUT2D eigenvalue weighted by molar-refractivity contribution is 0.0553. The van der Waals surface area contributed by atoms with Crippen LogP contribution in [0.15, 0.2) is 28.7 Å². The highest BCUT2D eigenvalue weighted by atomic mass is 16.5. The molecule has 0 fully saturated rings. The van der Waals surface area contributed by atoms with Crippen LogP contribution in [0.3, 0.4) is 0 Å². The van der Waals surface area contributed by atoms with E-state index in [-0.39, 0.29) is 6.10 Å². The molecule has 1 heterocycles. The zero-order valence-corrected chi connectivity index (χ0v) is 9.41. The Balaban J connectivity index is 2.27. The fourth-order valence-corrected chi connectivity index (χ4v) is 1.58. The van der Waals surface area contributed by atoms with E-state index in [0.717, 1.165) is 16.7 Å². The first-order chi connectivity index (χ1) is 7.16. The summed E-state index contributed by atoms with van der Waals surface area (Å²) in [5, 5.41) is 1.15. The zero-order chi connectivity index (χ0) is 10.8. The Morgan fingerprint density at radius 1 is 1.33 bits per heavy atom. The molecule has 0 bridgehead atoms. The summed E-state index contributed by atoms with van der Waals surface area (Å²) in [5.41, 5.74) is 2.14. The molecule has 1 aromatic carbocycles. The predicted octanol–water partition coefficient (Wildman–Crippen LogP) is 3.67. The molecule has 0 radical (unpaired) electrons. The lowest BCUT2D eigenvalue weighted by Crippen LogP contribution is -2.01. The van der Waals surface area contributed by atoms with E-state index in [0.29, 0.717) is 6.61 Å². The van der Waals surface area contributed by atoms with Gasteiger partial charge in [-0.2, -0.15) is 0 Å². The summed E-state index contributed by atoms with van der Waals surface area (Å²) in [5.74, 6) is 0.896. The van der Waals surface area contributed by atoms with E-state index in [1.54, 1.807) is 0 Å². The first-order valence-electron chi connectivity index (χ1n) is 5.26. The van der Waals surface area contributed by atoms with Crippen molar-refractivity contribution in [1.82, 2.24) is 0 Å². The molecule has 2 rings (SSSR count). The minimum atomic E-state index is 0.235. The van der Waals surface area contributed by atoms with Gasteiger partial charge in [0.05, 0.1) is 6.10 Å². The molecular weight excluding hydrogens is 188 g/mol. The molecule has 0 amide bonds. The predicted molar refractivity (Wildman–Crippen MR) is 60.9 cm³/mol. The summed E-state index contributed by atoms with van der Waals surface area (Å²) < 4.78 is 11.2. The number of aryl methyl sites for hydroxylation is 1. The summed E-state index contributed by atoms with van der Waals surface area (Å²) in [6.45, 7) is 6.65. The van der Waals surface area contributed by atoms with Crippen molar-refractivity contribution in [3.05, 3.63) is 35.6 Å². The Labute approximate surface area is 89.8 Å². The van der Waals surface area contributed by atoms with Crippen LogP contribution in [-0.2, 0) is 11.3 Å². The number of furan rings is 1. The minimum absolute atomic E-state index is 0.235. The average molecular weight is 204 g/mol. The fourth-order valence-electron chi connectivity index (χ4n) is 1.58. The highest BCUT2D eigenvalue weighted by molar-refractivity contribution is 5.80. The second-order valence-corrected chi connectivity index (χ2v) is 4.07. The Bertz CT molecular complexity index is 455. The quantitative estimate of drug-likeness (QED) is 0.761. The van der Waals surface area contributed by atoms with Crippen molar-refractivity contribution in [3.63, 3.8) is 0 Å². The second-order valence-electron chi connectivity index (χ2n) is 4.07. The first kappa shape index (κ1) is 10.2. The van der Waals surface area contributed by atoms with E-state index < -0.39 is 0 Å². The van der Waals surface area contributed by atoms with Crippen molar-refractivity contribution in [2.24, 2.45) is 0 Å². The largest absolute Gasteiger partial charge is 0.458 e. The maximum Gasteiger partial charge on any atom is 0.137 e. The van der Waals surface area contributed by atoms with Crippen LogP contribution in [0.4, 0.5) is 0 Å². The van der Waals surface area contributed by atoms with Gasteiger partial charge in [-0.15, -0.1) is 0 Å². The molecule has 0 atom stereocenters. The number of benzene rings is 1. The Kier molecular flexibility index (Phi) is 2.78. The molecule has 0 N–H and O–H groups in total. The molecule has 0 aliphatic carbocycles. The molecule has 0 saturated carbocycles. The zero-order valence-electron chi connectivity index (χ0n) is 9.41. The van der Waals surface area contributed by atoms with Gasteiger partial charge in [0.1, 0.15) is 18.0 Å². The fraction of sp³-hybridized carbons (Fsp3) is 0.385. The van der Waals surface area contributed by atoms with Gasteiger partial charge < -0.3 is 9.15 Å². The van der Waals surface area contributed by atoms with Crippen molar-refractivity contribution in [2.75, 3.05) is 0 Å². The standard InChI is InChI=1S/C13H16O2/c1-9(2)14-8-12-7-11-6-4-5-10(3)13(11)15-12/h4-7,9H,8H2,1-3H3. The number of hydrogen-bond donors (Lipinski definition) is 0. The van der Waals surface area contributed by atoms with Gasteiger partial charge in [0.25, 0.3) is 0 Å². The lowest BCUT2D eigenvalue weighted by Gasteiger charge is -2.03. The summed E-state index contributed by atoms with van der Waals surface area (Å²) in [6, 6.07) is 8.20. The van der Waals surface area contributed by atoms with Gasteiger partial charge in [-0.1, -0.05) is 18.2 Å². The van der Waals surface area contributed by atoms with E-state index >= 15 is 0 Å². The van der Waals surface area contributed by atoms with Gasteiger partial charge in [-0.3, -0.25) is 0 Å². The summed E-state index contributed by atoms with van der Waals surface area (Å²) in [4.78, 5) is 0. The number of rotatable bonds is 3. The van der Waals surface area contributed by atoms with Gasteiger partial charge >= 0.3 is 0 Å². The van der Waals surface area contributed by atoms with Gasteiger partial charge in [-0.25, -0.2) is 0 Å². The van der Waals surface area contributed by atoms with Crippen molar-refractivity contribution < 1.29 is 9.15 Å². The third kappa shape index (κ3) is 2.21. The Morgan fingerprint density at radius 2 is 2.13 bits per heavy atom. The summed E-state index contributed by atoms with van der Waals surface area (Å²) in [7, 11) is 0. The highest BCUT2D eigenvalue weighted by Gasteiger charge is 2.06. The number of ether oxygens (including phenoxy) is 1. The minimum Gasteiger partial charge on any atom is -0.458 e. The third-order valence-corrected chi connectivity index (χ3v) is 2.35. The Hall–Kier alpha value is -1.28. The molecule has 0 unspecified atom stereocenters. The van der Waals surface area contributed by atoms with E-state index in [4.69, 9.17) is 9.15 Å². The lowest BCUT2D eigenvalue weighted by atomic mass is 10.2. The molecule has 0 saturated heterocycles. The number of hydrogen-bond acceptors (Lipinski definition) is 2. The van der Waals surface area contributed by atoms with Crippen molar-refractivity contribution in [1.29, 1.82) is 0 Å².